The molecule has 5 rings (SSSR count). The molecule has 0 unspecified atom stereocenters. The first-order chi connectivity index (χ1) is 23.7. The van der Waals surface area contributed by atoms with E-state index in [-0.39, 0.29) is 30.0 Å². The van der Waals surface area contributed by atoms with Gasteiger partial charge in [0.2, 0.25) is 0 Å². The minimum atomic E-state index is -2.05. The van der Waals surface area contributed by atoms with Gasteiger partial charge < -0.3 is 33.8 Å². The second-order valence-electron chi connectivity index (χ2n) is 13.5. The summed E-state index contributed by atoms with van der Waals surface area (Å²) in [4.78, 5) is 15.7. The van der Waals surface area contributed by atoms with Gasteiger partial charge in [-0.15, -0.1) is 0 Å². The highest BCUT2D eigenvalue weighted by Crippen LogP contribution is 2.55. The van der Waals surface area contributed by atoms with E-state index in [0.29, 0.717) is 6.54 Å². The number of benzene rings is 5. The molecule has 0 fully saturated rings. The molecule has 0 heterocycles. The summed E-state index contributed by atoms with van der Waals surface area (Å²) in [7, 11) is -2.05. The van der Waals surface area contributed by atoms with Gasteiger partial charge >= 0.3 is 5.97 Å². The summed E-state index contributed by atoms with van der Waals surface area (Å²) in [5.74, 6) is -0.625. The van der Waals surface area contributed by atoms with Crippen molar-refractivity contribution in [2.45, 2.75) is 64.4 Å². The number of hydrogen-bond donors (Lipinski definition) is 1. The first-order valence-corrected chi connectivity index (χ1v) is 19.1. The van der Waals surface area contributed by atoms with Crippen LogP contribution in [0.2, 0.25) is 0 Å². The molecule has 50 heavy (non-hydrogen) atoms. The largest absolute Gasteiger partial charge is 1.00 e. The summed E-state index contributed by atoms with van der Waals surface area (Å²) < 4.78 is 5.76. The van der Waals surface area contributed by atoms with Crippen LogP contribution in [0.15, 0.2) is 164 Å². The average Bonchev–Trinajstić information content (AvgIpc) is 3.13. The lowest BCUT2D eigenvalue weighted by Gasteiger charge is -2.38. The fourth-order valence-corrected chi connectivity index (χ4v) is 10.8. The zero-order valence-corrected chi connectivity index (χ0v) is 32.5. The highest BCUT2D eigenvalue weighted by molar-refractivity contribution is 7.95. The summed E-state index contributed by atoms with van der Waals surface area (Å²) in [6.07, 6.45) is 4.46. The predicted octanol–water partition coefficient (Wildman–Crippen LogP) is 5.27. The third-order valence-corrected chi connectivity index (χ3v) is 13.4. The van der Waals surface area contributed by atoms with Gasteiger partial charge in [0.1, 0.15) is 28.8 Å². The number of aliphatic hydroxyl groups excluding tert-OH is 1. The average molecular weight is 798 g/mol. The molecule has 6 heteroatoms. The number of carbonyl (C=O) groups is 1. The Morgan fingerprint density at radius 1 is 0.720 bits per heavy atom. The molecule has 0 saturated carbocycles. The van der Waals surface area contributed by atoms with Crippen molar-refractivity contribution in [2.75, 3.05) is 6.16 Å². The second-order valence-corrected chi connectivity index (χ2v) is 17.1. The Morgan fingerprint density at radius 3 is 1.58 bits per heavy atom. The van der Waals surface area contributed by atoms with Crippen molar-refractivity contribution in [1.82, 2.24) is 4.90 Å². The molecule has 0 aliphatic rings. The van der Waals surface area contributed by atoms with Gasteiger partial charge in [-0.1, -0.05) is 127 Å². The molecule has 3 atom stereocenters. The fraction of sp³-hybridized carbons (Fsp3) is 0.250. The maximum absolute atomic E-state index is 13.5. The second kappa shape index (κ2) is 18.6. The molecule has 260 valence electrons. The van der Waals surface area contributed by atoms with Gasteiger partial charge in [-0.05, 0) is 75.2 Å². The summed E-state index contributed by atoms with van der Waals surface area (Å²) in [6.45, 7) is 8.17. The predicted molar refractivity (Wildman–Crippen MR) is 206 cm³/mol. The van der Waals surface area contributed by atoms with Crippen molar-refractivity contribution in [3.05, 3.63) is 175 Å². The molecular formula is C44H49INO3P. The van der Waals surface area contributed by atoms with E-state index < -0.39 is 31.0 Å². The number of rotatable bonds is 14. The highest BCUT2D eigenvalue weighted by Gasteiger charge is 2.44. The number of halogens is 1. The molecule has 0 aliphatic carbocycles. The van der Waals surface area contributed by atoms with Gasteiger partial charge in [-0.3, -0.25) is 4.90 Å². The molecule has 0 amide bonds. The van der Waals surface area contributed by atoms with E-state index in [1.165, 1.54) is 15.9 Å². The molecule has 0 saturated heterocycles. The Hall–Kier alpha value is -3.61. The van der Waals surface area contributed by atoms with Crippen LogP contribution in [0.5, 0.6) is 0 Å². The number of hydrogen-bond acceptors (Lipinski definition) is 4. The maximum atomic E-state index is 13.5. The monoisotopic (exact) mass is 797 g/mol. The van der Waals surface area contributed by atoms with Crippen molar-refractivity contribution in [1.29, 1.82) is 0 Å². The number of nitrogens with zero attached hydrogens (tertiary/aromatic N) is 1. The lowest BCUT2D eigenvalue weighted by atomic mass is 9.99. The fourth-order valence-electron chi connectivity index (χ4n) is 6.50. The topological polar surface area (TPSA) is 49.8 Å². The minimum Gasteiger partial charge on any atom is -1.00 e. The van der Waals surface area contributed by atoms with Crippen molar-refractivity contribution in [2.24, 2.45) is 0 Å². The Bertz CT molecular complexity index is 1650. The molecule has 0 radical (unpaired) electrons. The molecule has 1 N–H and O–H groups in total. The van der Waals surface area contributed by atoms with Gasteiger partial charge in [0.05, 0.1) is 12.2 Å². The van der Waals surface area contributed by atoms with E-state index in [1.807, 2.05) is 63.2 Å². The van der Waals surface area contributed by atoms with E-state index in [4.69, 9.17) is 4.74 Å². The number of ether oxygens (including phenoxy) is 1. The molecule has 5 aromatic rings. The van der Waals surface area contributed by atoms with Crippen LogP contribution in [0.1, 0.15) is 51.3 Å². The normalized spacial score (nSPS) is 13.7. The lowest BCUT2D eigenvalue weighted by molar-refractivity contribution is -0.168. The Balaban J connectivity index is 0.00000562. The molecule has 4 nitrogen and oxygen atoms in total. The lowest BCUT2D eigenvalue weighted by Crippen LogP contribution is -3.00. The van der Waals surface area contributed by atoms with Crippen molar-refractivity contribution in [3.63, 3.8) is 0 Å². The smallest absolute Gasteiger partial charge is 0.337 e. The van der Waals surface area contributed by atoms with Gasteiger partial charge in [0.15, 0.2) is 6.10 Å². The van der Waals surface area contributed by atoms with E-state index in [1.54, 1.807) is 0 Å². The number of esters is 1. The van der Waals surface area contributed by atoms with E-state index in [2.05, 4.69) is 133 Å². The van der Waals surface area contributed by atoms with Crippen LogP contribution in [0.3, 0.4) is 0 Å². The minimum absolute atomic E-state index is 0. The summed E-state index contributed by atoms with van der Waals surface area (Å²) in [6, 6.07) is 52.3. The van der Waals surface area contributed by atoms with Crippen LogP contribution in [-0.2, 0) is 16.1 Å². The molecule has 0 spiro atoms. The van der Waals surface area contributed by atoms with Crippen LogP contribution in [-0.4, -0.2) is 39.9 Å². The SMILES string of the molecule is C[C@H](c1ccccc1)N(Cc1ccccc1)[C@H](/C=C/CC[P+](c1ccccc1)(c1ccccc1)c1ccccc1)[C@@H](O)C(=O)OC(C)(C)C.[I-]. The molecular weight excluding hydrogens is 748 g/mol. The van der Waals surface area contributed by atoms with E-state index in [9.17, 15) is 9.90 Å². The molecule has 0 aliphatic heterocycles. The van der Waals surface area contributed by atoms with Gasteiger partial charge in [-0.2, -0.15) is 0 Å². The Morgan fingerprint density at radius 2 is 1.14 bits per heavy atom. The van der Waals surface area contributed by atoms with Crippen LogP contribution in [0.4, 0.5) is 0 Å². The third kappa shape index (κ3) is 10.0. The van der Waals surface area contributed by atoms with Gasteiger partial charge in [0, 0.05) is 19.0 Å². The number of carbonyl (C=O) groups excluding carboxylic acids is 1. The van der Waals surface area contributed by atoms with Crippen molar-refractivity contribution in [3.8, 4) is 0 Å². The van der Waals surface area contributed by atoms with Gasteiger partial charge in [-0.25, -0.2) is 4.79 Å². The first-order valence-electron chi connectivity index (χ1n) is 17.2. The highest BCUT2D eigenvalue weighted by atomic mass is 127. The van der Waals surface area contributed by atoms with E-state index in [0.717, 1.165) is 23.7 Å². The Labute approximate surface area is 316 Å². The molecule has 5 aromatic carbocycles. The van der Waals surface area contributed by atoms with E-state index >= 15 is 0 Å². The maximum Gasteiger partial charge on any atom is 0.337 e. The number of allylic oxidation sites excluding steroid dienone is 1. The summed E-state index contributed by atoms with van der Waals surface area (Å²) in [5.41, 5.74) is 1.48. The van der Waals surface area contributed by atoms with Crippen LogP contribution < -0.4 is 39.9 Å². The third-order valence-electron chi connectivity index (χ3n) is 8.90. The first kappa shape index (κ1) is 39.2. The Kier molecular flexibility index (Phi) is 14.6. The standard InChI is InChI=1S/C44H49NO3P.HI/c1-35(37-24-12-6-13-25-37)45(34-36-22-10-5-11-23-36)41(42(46)43(47)48-44(2,3)4)32-20-21-33-49(38-26-14-7-15-27-38,39-28-16-8-17-29-39)40-30-18-9-19-31-40;/h5-20,22-32,35,41-42,46H,21,33-34H2,1-4H3;1H/q+1;/p-1/b32-20+;/t35-,41-,42-;/m1./s1. The van der Waals surface area contributed by atoms with Crippen molar-refractivity contribution < 1.29 is 38.6 Å². The van der Waals surface area contributed by atoms with Crippen LogP contribution >= 0.6 is 7.26 Å². The zero-order valence-electron chi connectivity index (χ0n) is 29.5. The molecule has 0 aromatic heterocycles. The summed E-state index contributed by atoms with van der Waals surface area (Å²) >= 11 is 0. The van der Waals surface area contributed by atoms with Crippen LogP contribution in [0.25, 0.3) is 0 Å². The molecule has 0 bridgehead atoms. The summed E-state index contributed by atoms with van der Waals surface area (Å²) in [5, 5.41) is 15.8. The van der Waals surface area contributed by atoms with Crippen molar-refractivity contribution >= 4 is 29.1 Å². The van der Waals surface area contributed by atoms with Crippen LogP contribution in [0, 0.1) is 0 Å². The quantitative estimate of drug-likeness (QED) is 0.0722. The number of aliphatic hydroxyl groups is 1. The van der Waals surface area contributed by atoms with Gasteiger partial charge in [0.25, 0.3) is 0 Å². The zero-order chi connectivity index (χ0) is 34.7.